The summed E-state index contributed by atoms with van der Waals surface area (Å²) in [5.41, 5.74) is 11.7. The molecule has 0 radical (unpaired) electrons. The summed E-state index contributed by atoms with van der Waals surface area (Å²) in [6, 6.07) is 8.56. The van der Waals surface area contributed by atoms with E-state index in [-0.39, 0.29) is 24.1 Å². The maximum absolute atomic E-state index is 13.5. The quantitative estimate of drug-likeness (QED) is 0.367. The zero-order valence-corrected chi connectivity index (χ0v) is 24.5. The highest BCUT2D eigenvalue weighted by molar-refractivity contribution is 5.96. The van der Waals surface area contributed by atoms with E-state index in [2.05, 4.69) is 44.5 Å². The van der Waals surface area contributed by atoms with E-state index in [1.165, 1.54) is 0 Å². The molecule has 2 aromatic heterocycles. The Labute approximate surface area is 241 Å². The Kier molecular flexibility index (Phi) is 9.22. The zero-order chi connectivity index (χ0) is 28.9. The van der Waals surface area contributed by atoms with Crippen molar-refractivity contribution >= 4 is 11.6 Å². The number of aryl methyl sites for hydroxylation is 2. The first-order valence-corrected chi connectivity index (χ1v) is 14.7. The molecule has 1 aromatic carbocycles. The summed E-state index contributed by atoms with van der Waals surface area (Å²) in [4.78, 5) is 33.5. The number of aromatic amines is 1. The van der Waals surface area contributed by atoms with Crippen LogP contribution >= 0.6 is 0 Å². The Balaban J connectivity index is 1.38. The number of aromatic nitrogens is 3. The van der Waals surface area contributed by atoms with Crippen molar-refractivity contribution in [1.82, 2.24) is 25.0 Å². The number of ether oxygens (including phenoxy) is 1. The van der Waals surface area contributed by atoms with Crippen molar-refractivity contribution in [1.29, 1.82) is 0 Å². The molecule has 10 nitrogen and oxygen atoms in total. The van der Waals surface area contributed by atoms with Crippen LogP contribution in [0.4, 0.5) is 5.69 Å². The molecule has 0 atom stereocenters. The van der Waals surface area contributed by atoms with Crippen LogP contribution in [-0.4, -0.2) is 77.6 Å². The van der Waals surface area contributed by atoms with Crippen molar-refractivity contribution in [2.75, 3.05) is 44.8 Å². The maximum Gasteiger partial charge on any atom is 0.253 e. The van der Waals surface area contributed by atoms with Gasteiger partial charge >= 0.3 is 0 Å². The minimum Gasteiger partial charge on any atom is -0.379 e. The number of benzene rings is 1. The largest absolute Gasteiger partial charge is 0.379 e. The molecule has 3 heterocycles. The summed E-state index contributed by atoms with van der Waals surface area (Å²) in [7, 11) is 2.10. The van der Waals surface area contributed by atoms with E-state index in [0.717, 1.165) is 93.1 Å². The average molecular weight is 562 g/mol. The van der Waals surface area contributed by atoms with Gasteiger partial charge in [0.1, 0.15) is 0 Å². The molecule has 0 bridgehead atoms. The van der Waals surface area contributed by atoms with Gasteiger partial charge in [-0.2, -0.15) is 5.10 Å². The molecular formula is C31H43N7O3. The van der Waals surface area contributed by atoms with Crippen LogP contribution in [0, 0.1) is 13.8 Å². The Morgan fingerprint density at radius 2 is 1.85 bits per heavy atom. The molecule has 1 aliphatic heterocycles. The highest BCUT2D eigenvalue weighted by atomic mass is 16.5. The number of carbonyl (C=O) groups is 1. The third kappa shape index (κ3) is 7.25. The molecule has 10 heteroatoms. The van der Waals surface area contributed by atoms with Crippen molar-refractivity contribution in [3.05, 3.63) is 69.4 Å². The smallest absolute Gasteiger partial charge is 0.253 e. The molecule has 2 fully saturated rings. The lowest BCUT2D eigenvalue weighted by molar-refractivity contribution is 0.0360. The van der Waals surface area contributed by atoms with Gasteiger partial charge in [0, 0.05) is 79.6 Å². The molecule has 220 valence electrons. The first kappa shape index (κ1) is 29.0. The normalized spacial score (nSPS) is 19.7. The van der Waals surface area contributed by atoms with E-state index < -0.39 is 0 Å². The number of rotatable bonds is 9. The number of H-pyrrole nitrogens is 1. The number of anilines is 1. The summed E-state index contributed by atoms with van der Waals surface area (Å²) < 4.78 is 7.43. The highest BCUT2D eigenvalue weighted by Crippen LogP contribution is 2.31. The molecule has 1 saturated heterocycles. The van der Waals surface area contributed by atoms with Gasteiger partial charge in [0.05, 0.1) is 26.0 Å². The van der Waals surface area contributed by atoms with Gasteiger partial charge in [-0.3, -0.25) is 19.2 Å². The first-order chi connectivity index (χ1) is 19.8. The monoisotopic (exact) mass is 561 g/mol. The number of pyridine rings is 1. The second-order valence-corrected chi connectivity index (χ2v) is 11.5. The highest BCUT2D eigenvalue weighted by Gasteiger charge is 2.24. The summed E-state index contributed by atoms with van der Waals surface area (Å²) in [6.07, 6.45) is 7.98. The van der Waals surface area contributed by atoms with E-state index >= 15 is 0 Å². The molecule has 1 aliphatic carbocycles. The Hall–Kier alpha value is -3.47. The maximum atomic E-state index is 13.5. The van der Waals surface area contributed by atoms with Crippen LogP contribution in [0.25, 0.3) is 11.1 Å². The number of hydrogen-bond acceptors (Lipinski definition) is 7. The fourth-order valence-corrected chi connectivity index (χ4v) is 5.89. The van der Waals surface area contributed by atoms with Crippen LogP contribution in [0.5, 0.6) is 0 Å². The van der Waals surface area contributed by atoms with Gasteiger partial charge in [-0.25, -0.2) is 0 Å². The fourth-order valence-electron chi connectivity index (χ4n) is 5.89. The molecule has 41 heavy (non-hydrogen) atoms. The molecule has 0 unspecified atom stereocenters. The summed E-state index contributed by atoms with van der Waals surface area (Å²) in [6.45, 7) is 9.07. The predicted octanol–water partition coefficient (Wildman–Crippen LogP) is 2.82. The first-order valence-electron chi connectivity index (χ1n) is 14.7. The number of morpholine rings is 1. The lowest BCUT2D eigenvalue weighted by Gasteiger charge is -2.35. The predicted molar refractivity (Wildman–Crippen MR) is 161 cm³/mol. The summed E-state index contributed by atoms with van der Waals surface area (Å²) >= 11 is 0. The lowest BCUT2D eigenvalue weighted by Crippen LogP contribution is -2.38. The van der Waals surface area contributed by atoms with Crippen molar-refractivity contribution in [3.8, 4) is 11.1 Å². The minimum atomic E-state index is -0.216. The standard InChI is InChI=1S/C31H43N7O3/c1-21-14-22(2)35-31(40)29(21)19-33-30(39)24-15-23(16-28(17-24)36(3)27-6-4-26(32)5-7-27)25-18-34-38(20-25)9-8-37-10-12-41-13-11-37/h14-18,20,26-27H,4-13,19,32H2,1-3H3,(H,33,39)(H,35,40). The van der Waals surface area contributed by atoms with E-state index in [9.17, 15) is 9.59 Å². The van der Waals surface area contributed by atoms with Crippen molar-refractivity contribution in [2.45, 2.75) is 64.7 Å². The van der Waals surface area contributed by atoms with Crippen LogP contribution in [0.3, 0.4) is 0 Å². The van der Waals surface area contributed by atoms with Gasteiger partial charge in [-0.1, -0.05) is 0 Å². The second-order valence-electron chi connectivity index (χ2n) is 11.5. The van der Waals surface area contributed by atoms with Crippen LogP contribution in [0.2, 0.25) is 0 Å². The van der Waals surface area contributed by atoms with E-state index in [0.29, 0.717) is 17.2 Å². The van der Waals surface area contributed by atoms with Crippen molar-refractivity contribution in [2.24, 2.45) is 5.73 Å². The van der Waals surface area contributed by atoms with Crippen LogP contribution < -0.4 is 21.5 Å². The van der Waals surface area contributed by atoms with E-state index in [4.69, 9.17) is 10.5 Å². The Bertz CT molecular complexity index is 1400. The van der Waals surface area contributed by atoms with E-state index in [1.807, 2.05) is 42.9 Å². The number of nitrogens with zero attached hydrogens (tertiary/aromatic N) is 4. The van der Waals surface area contributed by atoms with Crippen LogP contribution in [0.1, 0.15) is 52.9 Å². The molecule has 1 saturated carbocycles. The third-order valence-electron chi connectivity index (χ3n) is 8.51. The zero-order valence-electron chi connectivity index (χ0n) is 24.5. The number of nitrogens with one attached hydrogen (secondary N) is 2. The van der Waals surface area contributed by atoms with Gasteiger partial charge in [0.15, 0.2) is 0 Å². The van der Waals surface area contributed by atoms with Crippen molar-refractivity contribution in [3.63, 3.8) is 0 Å². The average Bonchev–Trinajstić information content (AvgIpc) is 3.45. The minimum absolute atomic E-state index is 0.162. The number of amides is 1. The summed E-state index contributed by atoms with van der Waals surface area (Å²) in [5.74, 6) is -0.216. The molecule has 2 aliphatic rings. The second kappa shape index (κ2) is 13.0. The number of hydrogen-bond donors (Lipinski definition) is 3. The number of nitrogens with two attached hydrogens (primary N) is 1. The van der Waals surface area contributed by atoms with Gasteiger partial charge in [0.2, 0.25) is 0 Å². The fraction of sp³-hybridized carbons (Fsp3) is 0.516. The molecule has 1 amide bonds. The third-order valence-corrected chi connectivity index (χ3v) is 8.51. The summed E-state index contributed by atoms with van der Waals surface area (Å²) in [5, 5.41) is 7.60. The van der Waals surface area contributed by atoms with E-state index in [1.54, 1.807) is 0 Å². The SMILES string of the molecule is Cc1cc(C)c(CNC(=O)c2cc(-c3cnn(CCN4CCOCC4)c3)cc(N(C)C3CCC(N)CC3)c2)c(=O)[nH]1. The number of carbonyl (C=O) groups excluding carboxylic acids is 1. The molecule has 0 spiro atoms. The van der Waals surface area contributed by atoms with Gasteiger partial charge in [-0.15, -0.1) is 0 Å². The van der Waals surface area contributed by atoms with Crippen molar-refractivity contribution < 1.29 is 9.53 Å². The van der Waals surface area contributed by atoms with Crippen LogP contribution in [0.15, 0.2) is 41.5 Å². The lowest BCUT2D eigenvalue weighted by atomic mass is 9.90. The van der Waals surface area contributed by atoms with Gasteiger partial charge in [-0.05, 0) is 74.9 Å². The molecule has 5 rings (SSSR count). The molecular weight excluding hydrogens is 518 g/mol. The molecule has 3 aromatic rings. The molecule has 4 N–H and O–H groups in total. The van der Waals surface area contributed by atoms with Gasteiger partial charge in [0.25, 0.3) is 11.5 Å². The van der Waals surface area contributed by atoms with Gasteiger partial charge < -0.3 is 25.7 Å². The van der Waals surface area contributed by atoms with Crippen LogP contribution in [-0.2, 0) is 17.8 Å². The Morgan fingerprint density at radius 1 is 1.10 bits per heavy atom. The topological polar surface area (TPSA) is 122 Å². The Morgan fingerprint density at radius 3 is 2.59 bits per heavy atom.